The van der Waals surface area contributed by atoms with Gasteiger partial charge in [-0.15, -0.1) is 0 Å². The molecule has 0 aromatic heterocycles. The number of phenolic OH excluding ortho intramolecular Hbond substituents is 1. The third-order valence-electron chi connectivity index (χ3n) is 5.53. The van der Waals surface area contributed by atoms with Gasteiger partial charge in [0.2, 0.25) is 5.91 Å². The SMILES string of the molecule is CN1CCC(N(C)C(=O)C[C@H](c2cccc(O)c2)c2cccc(Cl)c2)CC1. The number of piperidine rings is 1. The van der Waals surface area contributed by atoms with E-state index < -0.39 is 0 Å². The third-order valence-corrected chi connectivity index (χ3v) is 5.77. The van der Waals surface area contributed by atoms with Gasteiger partial charge in [-0.3, -0.25) is 4.79 Å². The van der Waals surface area contributed by atoms with Crippen LogP contribution >= 0.6 is 11.6 Å². The summed E-state index contributed by atoms with van der Waals surface area (Å²) in [6, 6.07) is 15.1. The van der Waals surface area contributed by atoms with Gasteiger partial charge >= 0.3 is 0 Å². The molecule has 2 aromatic carbocycles. The van der Waals surface area contributed by atoms with Crippen molar-refractivity contribution in [2.45, 2.75) is 31.2 Å². The fourth-order valence-corrected chi connectivity index (χ4v) is 4.00. The molecule has 1 aliphatic rings. The van der Waals surface area contributed by atoms with Gasteiger partial charge in [-0.1, -0.05) is 35.9 Å². The summed E-state index contributed by atoms with van der Waals surface area (Å²) in [4.78, 5) is 17.3. The van der Waals surface area contributed by atoms with E-state index in [2.05, 4.69) is 11.9 Å². The number of carbonyl (C=O) groups is 1. The van der Waals surface area contributed by atoms with Crippen molar-refractivity contribution in [3.05, 3.63) is 64.7 Å². The van der Waals surface area contributed by atoms with E-state index in [0.29, 0.717) is 11.4 Å². The van der Waals surface area contributed by atoms with Crippen LogP contribution in [0.15, 0.2) is 48.5 Å². The van der Waals surface area contributed by atoms with Gasteiger partial charge in [0.25, 0.3) is 0 Å². The van der Waals surface area contributed by atoms with Crippen LogP contribution in [0.4, 0.5) is 0 Å². The minimum absolute atomic E-state index is 0.123. The van der Waals surface area contributed by atoms with Gasteiger partial charge in [0, 0.05) is 30.5 Å². The molecule has 0 bridgehead atoms. The molecule has 5 heteroatoms. The number of phenols is 1. The first-order chi connectivity index (χ1) is 12.9. The molecular weight excluding hydrogens is 360 g/mol. The van der Waals surface area contributed by atoms with Crippen molar-refractivity contribution in [2.75, 3.05) is 27.2 Å². The van der Waals surface area contributed by atoms with Crippen molar-refractivity contribution in [1.82, 2.24) is 9.80 Å². The lowest BCUT2D eigenvalue weighted by Crippen LogP contribution is -2.44. The highest BCUT2D eigenvalue weighted by atomic mass is 35.5. The lowest BCUT2D eigenvalue weighted by atomic mass is 9.87. The van der Waals surface area contributed by atoms with Crippen molar-refractivity contribution in [2.24, 2.45) is 0 Å². The normalized spacial score (nSPS) is 16.9. The summed E-state index contributed by atoms with van der Waals surface area (Å²) in [5.41, 5.74) is 1.90. The van der Waals surface area contributed by atoms with Crippen LogP contribution in [0, 0.1) is 0 Å². The maximum absolute atomic E-state index is 13.1. The Morgan fingerprint density at radius 1 is 1.19 bits per heavy atom. The van der Waals surface area contributed by atoms with Crippen molar-refractivity contribution >= 4 is 17.5 Å². The van der Waals surface area contributed by atoms with E-state index in [1.165, 1.54) is 0 Å². The average Bonchev–Trinajstić information content (AvgIpc) is 2.66. The number of hydrogen-bond donors (Lipinski definition) is 1. The van der Waals surface area contributed by atoms with Gasteiger partial charge in [-0.2, -0.15) is 0 Å². The number of carbonyl (C=O) groups excluding carboxylic acids is 1. The van der Waals surface area contributed by atoms with Crippen LogP contribution in [0.1, 0.15) is 36.3 Å². The smallest absolute Gasteiger partial charge is 0.223 e. The molecule has 1 fully saturated rings. The molecule has 0 saturated carbocycles. The number of likely N-dealkylation sites (tertiary alicyclic amines) is 1. The molecule has 2 aromatic rings. The van der Waals surface area contributed by atoms with Gasteiger partial charge in [-0.05, 0) is 68.4 Å². The zero-order valence-electron chi connectivity index (χ0n) is 15.9. The quantitative estimate of drug-likeness (QED) is 0.840. The second kappa shape index (κ2) is 8.77. The highest BCUT2D eigenvalue weighted by Gasteiger charge is 2.27. The van der Waals surface area contributed by atoms with Crippen LogP contribution in [0.25, 0.3) is 0 Å². The second-order valence-corrected chi connectivity index (χ2v) is 7.88. The molecular formula is C22H27ClN2O2. The van der Waals surface area contributed by atoms with Crippen molar-refractivity contribution in [1.29, 1.82) is 0 Å². The van der Waals surface area contributed by atoms with E-state index in [1.54, 1.807) is 12.1 Å². The summed E-state index contributed by atoms with van der Waals surface area (Å²) in [6.45, 7) is 2.04. The largest absolute Gasteiger partial charge is 0.508 e. The molecule has 0 unspecified atom stereocenters. The van der Waals surface area contributed by atoms with Gasteiger partial charge in [-0.25, -0.2) is 0 Å². The van der Waals surface area contributed by atoms with Gasteiger partial charge in [0.05, 0.1) is 0 Å². The van der Waals surface area contributed by atoms with E-state index in [9.17, 15) is 9.90 Å². The molecule has 0 radical (unpaired) electrons. The van der Waals surface area contributed by atoms with Crippen LogP contribution in [0.5, 0.6) is 5.75 Å². The fraction of sp³-hybridized carbons (Fsp3) is 0.409. The van der Waals surface area contributed by atoms with Crippen LogP contribution in [0.2, 0.25) is 5.02 Å². The summed E-state index contributed by atoms with van der Waals surface area (Å²) in [5, 5.41) is 10.6. The summed E-state index contributed by atoms with van der Waals surface area (Å²) in [5.74, 6) is 0.186. The van der Waals surface area contributed by atoms with Crippen molar-refractivity contribution in [3.8, 4) is 5.75 Å². The Balaban J connectivity index is 1.82. The number of amides is 1. The molecule has 1 heterocycles. The Kier molecular flexibility index (Phi) is 6.40. The summed E-state index contributed by atoms with van der Waals surface area (Å²) in [6.07, 6.45) is 2.37. The molecule has 3 rings (SSSR count). The Labute approximate surface area is 166 Å². The average molecular weight is 387 g/mol. The molecule has 1 atom stereocenters. The Morgan fingerprint density at radius 3 is 2.44 bits per heavy atom. The van der Waals surface area contributed by atoms with E-state index >= 15 is 0 Å². The van der Waals surface area contributed by atoms with Crippen LogP contribution in [0.3, 0.4) is 0 Å². The molecule has 0 aliphatic carbocycles. The molecule has 27 heavy (non-hydrogen) atoms. The molecule has 0 spiro atoms. The number of aromatic hydroxyl groups is 1. The molecule has 1 amide bonds. The first-order valence-electron chi connectivity index (χ1n) is 9.42. The predicted octanol–water partition coefficient (Wildman–Crippen LogP) is 4.12. The lowest BCUT2D eigenvalue weighted by molar-refractivity contribution is -0.133. The summed E-state index contributed by atoms with van der Waals surface area (Å²) < 4.78 is 0. The number of hydrogen-bond acceptors (Lipinski definition) is 3. The Morgan fingerprint density at radius 2 is 1.81 bits per heavy atom. The minimum Gasteiger partial charge on any atom is -0.508 e. The third kappa shape index (κ3) is 5.02. The molecule has 1 saturated heterocycles. The van der Waals surface area contributed by atoms with E-state index in [4.69, 9.17) is 11.6 Å². The maximum Gasteiger partial charge on any atom is 0.223 e. The maximum atomic E-state index is 13.1. The summed E-state index contributed by atoms with van der Waals surface area (Å²) >= 11 is 6.19. The molecule has 144 valence electrons. The molecule has 1 N–H and O–H groups in total. The Hall–Kier alpha value is -2.04. The molecule has 4 nitrogen and oxygen atoms in total. The zero-order chi connectivity index (χ0) is 19.4. The van der Waals surface area contributed by atoms with Crippen LogP contribution in [-0.2, 0) is 4.79 Å². The highest BCUT2D eigenvalue weighted by Crippen LogP contribution is 2.32. The van der Waals surface area contributed by atoms with Crippen LogP contribution < -0.4 is 0 Å². The Bertz CT molecular complexity index is 742. The number of rotatable bonds is 5. The number of halogens is 1. The lowest BCUT2D eigenvalue weighted by Gasteiger charge is -2.35. The minimum atomic E-state index is -0.142. The fourth-order valence-electron chi connectivity index (χ4n) is 3.80. The van der Waals surface area contributed by atoms with E-state index in [1.807, 2.05) is 48.3 Å². The van der Waals surface area contributed by atoms with Gasteiger partial charge in [0.1, 0.15) is 5.75 Å². The topological polar surface area (TPSA) is 43.8 Å². The number of nitrogens with zero attached hydrogens (tertiary/aromatic N) is 2. The highest BCUT2D eigenvalue weighted by molar-refractivity contribution is 6.30. The van der Waals surface area contributed by atoms with Gasteiger partial charge < -0.3 is 14.9 Å². The first kappa shape index (κ1) is 19.7. The van der Waals surface area contributed by atoms with Crippen LogP contribution in [-0.4, -0.2) is 54.0 Å². The standard InChI is InChI=1S/C22H27ClN2O2/c1-24-11-9-19(10-12-24)25(2)22(27)15-21(16-5-3-7-18(23)13-16)17-6-4-8-20(26)14-17/h3-8,13-14,19,21,26H,9-12,15H2,1-2H3/t21-/m0/s1. The summed E-state index contributed by atoms with van der Waals surface area (Å²) in [7, 11) is 4.03. The molecule has 1 aliphatic heterocycles. The van der Waals surface area contributed by atoms with E-state index in [0.717, 1.165) is 37.1 Å². The number of benzene rings is 2. The van der Waals surface area contributed by atoms with Gasteiger partial charge in [0.15, 0.2) is 0 Å². The second-order valence-electron chi connectivity index (χ2n) is 7.45. The zero-order valence-corrected chi connectivity index (χ0v) is 16.7. The van der Waals surface area contributed by atoms with E-state index in [-0.39, 0.29) is 23.6 Å². The first-order valence-corrected chi connectivity index (χ1v) is 9.80. The van der Waals surface area contributed by atoms with Crippen molar-refractivity contribution < 1.29 is 9.90 Å². The monoisotopic (exact) mass is 386 g/mol. The van der Waals surface area contributed by atoms with Crippen molar-refractivity contribution in [3.63, 3.8) is 0 Å². The predicted molar refractivity (Wildman–Crippen MR) is 109 cm³/mol.